The van der Waals surface area contributed by atoms with Gasteiger partial charge in [-0.2, -0.15) is 0 Å². The van der Waals surface area contributed by atoms with Crippen molar-refractivity contribution in [1.82, 2.24) is 25.1 Å². The first kappa shape index (κ1) is 29.0. The van der Waals surface area contributed by atoms with Crippen molar-refractivity contribution in [3.63, 3.8) is 0 Å². The fourth-order valence-corrected chi connectivity index (χ4v) is 8.72. The van der Waals surface area contributed by atoms with E-state index in [2.05, 4.69) is 15.5 Å². The van der Waals surface area contributed by atoms with Crippen LogP contribution in [-0.2, 0) is 19.3 Å². The van der Waals surface area contributed by atoms with Gasteiger partial charge >= 0.3 is 5.76 Å². The summed E-state index contributed by atoms with van der Waals surface area (Å²) in [6, 6.07) is 15.1. The molecule has 2 aromatic carbocycles. The van der Waals surface area contributed by atoms with Crippen molar-refractivity contribution in [3.8, 4) is 21.9 Å². The number of halogens is 2. The van der Waals surface area contributed by atoms with Gasteiger partial charge in [-0.1, -0.05) is 18.2 Å². The highest BCUT2D eigenvalue weighted by Crippen LogP contribution is 2.50. The highest BCUT2D eigenvalue weighted by Gasteiger charge is 2.45. The Labute approximate surface area is 276 Å². The van der Waals surface area contributed by atoms with Gasteiger partial charge in [0, 0.05) is 23.2 Å². The van der Waals surface area contributed by atoms with Crippen LogP contribution < -0.4 is 11.1 Å². The fraction of sp³-hybridized carbons (Fsp3) is 0.250. The molecule has 12 heteroatoms. The summed E-state index contributed by atoms with van der Waals surface area (Å²) in [4.78, 5) is 38.9. The van der Waals surface area contributed by atoms with Crippen LogP contribution in [0.1, 0.15) is 69.8 Å². The standard InChI is InChI=1S/C36H28F2N6O3S/c37-21-7-3-18(4-8-21)5-11-25-28(34-42-43-36(46)47-34)29(30-31(40-25)26-2-1-15-44(26)35(30)45)27-17-20-13-14-39-33(32(20)48-27)41-24-12-6-19-16-22(38)9-10-23(19)24/h3-4,7-10,13-14,16-17,24,26H,1-2,5-6,11-12,15H2,(H,39,41)(H,43,46)/t24-,26?/m1/s1. The molecule has 0 spiro atoms. The van der Waals surface area contributed by atoms with Gasteiger partial charge in [0.2, 0.25) is 0 Å². The zero-order valence-electron chi connectivity index (χ0n) is 25.6. The van der Waals surface area contributed by atoms with E-state index in [1.54, 1.807) is 24.4 Å². The number of aryl methyl sites for hydroxylation is 3. The molecule has 9 nitrogen and oxygen atoms in total. The lowest BCUT2D eigenvalue weighted by atomic mass is 9.93. The van der Waals surface area contributed by atoms with Crippen molar-refractivity contribution < 1.29 is 18.0 Å². The zero-order valence-corrected chi connectivity index (χ0v) is 26.4. The average Bonchev–Trinajstić information content (AvgIpc) is 3.92. The largest absolute Gasteiger partial charge is 0.434 e. The Bertz CT molecular complexity index is 2310. The smallest absolute Gasteiger partial charge is 0.388 e. The van der Waals surface area contributed by atoms with E-state index in [1.807, 2.05) is 23.1 Å². The molecule has 2 atom stereocenters. The SMILES string of the molecule is O=C1c2c(nc(CCc3ccc(F)cc3)c(-c3n[nH]c(=O)o3)c2-c2cc3ccnc(N[C@@H]4CCc5cc(F)ccc54)c3s2)C2CCCN12. The van der Waals surface area contributed by atoms with E-state index in [4.69, 9.17) is 14.4 Å². The van der Waals surface area contributed by atoms with Gasteiger partial charge in [-0.25, -0.2) is 23.7 Å². The third-order valence-corrected chi connectivity index (χ3v) is 10.9. The second-order valence-corrected chi connectivity index (χ2v) is 13.6. The third kappa shape index (κ3) is 4.73. The maximum atomic E-state index is 14.1. The maximum absolute atomic E-state index is 14.1. The van der Waals surface area contributed by atoms with E-state index in [1.165, 1.54) is 29.5 Å². The number of fused-ring (bicyclic) bond motifs is 5. The van der Waals surface area contributed by atoms with Gasteiger partial charge in [0.05, 0.1) is 39.3 Å². The quantitative estimate of drug-likeness (QED) is 0.186. The van der Waals surface area contributed by atoms with Gasteiger partial charge in [-0.05, 0) is 97.0 Å². The molecule has 1 fully saturated rings. The number of amides is 1. The molecule has 0 saturated carbocycles. The molecule has 240 valence electrons. The van der Waals surface area contributed by atoms with Crippen LogP contribution in [-0.4, -0.2) is 37.5 Å². The fourth-order valence-electron chi connectivity index (χ4n) is 7.55. The number of carbonyl (C=O) groups is 1. The molecule has 6 aromatic rings. The topological polar surface area (TPSA) is 117 Å². The van der Waals surface area contributed by atoms with E-state index in [-0.39, 0.29) is 35.5 Å². The van der Waals surface area contributed by atoms with Crippen LogP contribution in [0.5, 0.6) is 0 Å². The summed E-state index contributed by atoms with van der Waals surface area (Å²) in [6.07, 6.45) is 6.05. The molecule has 1 amide bonds. The molecule has 2 N–H and O–H groups in total. The minimum atomic E-state index is -0.711. The number of H-pyrrole nitrogens is 1. The molecule has 6 heterocycles. The second-order valence-electron chi connectivity index (χ2n) is 12.5. The van der Waals surface area contributed by atoms with Crippen molar-refractivity contribution in [2.24, 2.45) is 0 Å². The molecule has 1 aliphatic carbocycles. The lowest BCUT2D eigenvalue weighted by molar-refractivity contribution is 0.0776. The highest BCUT2D eigenvalue weighted by molar-refractivity contribution is 7.23. The molecule has 0 bridgehead atoms. The van der Waals surface area contributed by atoms with Gasteiger partial charge in [0.25, 0.3) is 11.8 Å². The first-order chi connectivity index (χ1) is 23.4. The van der Waals surface area contributed by atoms with E-state index in [0.29, 0.717) is 47.6 Å². The number of pyridine rings is 2. The molecule has 1 unspecified atom stereocenters. The van der Waals surface area contributed by atoms with Crippen LogP contribution in [0.4, 0.5) is 14.6 Å². The van der Waals surface area contributed by atoms with Crippen LogP contribution in [0, 0.1) is 11.6 Å². The summed E-state index contributed by atoms with van der Waals surface area (Å²) in [5, 5.41) is 11.1. The molecule has 1 saturated heterocycles. The van der Waals surface area contributed by atoms with Crippen LogP contribution in [0.2, 0.25) is 0 Å². The summed E-state index contributed by atoms with van der Waals surface area (Å²) in [5.74, 6) is -0.594. The summed E-state index contributed by atoms with van der Waals surface area (Å²) in [7, 11) is 0. The molecule has 48 heavy (non-hydrogen) atoms. The second kappa shape index (κ2) is 11.2. The lowest BCUT2D eigenvalue weighted by Crippen LogP contribution is -2.22. The van der Waals surface area contributed by atoms with Crippen molar-refractivity contribution in [3.05, 3.63) is 117 Å². The Morgan fingerprint density at radius 3 is 2.67 bits per heavy atom. The first-order valence-electron chi connectivity index (χ1n) is 16.0. The van der Waals surface area contributed by atoms with Gasteiger partial charge in [-0.3, -0.25) is 9.78 Å². The Hall–Kier alpha value is -5.23. The summed E-state index contributed by atoms with van der Waals surface area (Å²) in [6.45, 7) is 0.647. The monoisotopic (exact) mass is 662 g/mol. The van der Waals surface area contributed by atoms with Gasteiger partial charge in [0.15, 0.2) is 0 Å². The average molecular weight is 663 g/mol. The van der Waals surface area contributed by atoms with Gasteiger partial charge < -0.3 is 14.6 Å². The number of carbonyl (C=O) groups excluding carboxylic acids is 1. The molecular weight excluding hydrogens is 634 g/mol. The molecule has 9 rings (SSSR count). The minimum absolute atomic E-state index is 0.0184. The van der Waals surface area contributed by atoms with Crippen LogP contribution in [0.3, 0.4) is 0 Å². The minimum Gasteiger partial charge on any atom is -0.388 e. The van der Waals surface area contributed by atoms with Crippen LogP contribution in [0.25, 0.3) is 32.0 Å². The summed E-state index contributed by atoms with van der Waals surface area (Å²) < 4.78 is 34.1. The van der Waals surface area contributed by atoms with Crippen molar-refractivity contribution in [2.75, 3.05) is 11.9 Å². The Morgan fingerprint density at radius 2 is 1.83 bits per heavy atom. The number of hydrogen-bond acceptors (Lipinski definition) is 8. The molecular formula is C36H28F2N6O3S. The number of nitrogens with zero attached hydrogens (tertiary/aromatic N) is 4. The third-order valence-electron chi connectivity index (χ3n) is 9.73. The molecule has 4 aromatic heterocycles. The molecule has 0 radical (unpaired) electrons. The van der Waals surface area contributed by atoms with E-state index in [9.17, 15) is 18.4 Å². The molecule has 2 aliphatic heterocycles. The van der Waals surface area contributed by atoms with E-state index in [0.717, 1.165) is 63.0 Å². The van der Waals surface area contributed by atoms with Crippen LogP contribution in [0.15, 0.2) is 70.0 Å². The molecule has 3 aliphatic rings. The number of anilines is 1. The number of rotatable bonds is 7. The van der Waals surface area contributed by atoms with Gasteiger partial charge in [-0.15, -0.1) is 16.4 Å². The van der Waals surface area contributed by atoms with Crippen molar-refractivity contribution in [1.29, 1.82) is 0 Å². The number of nitrogens with one attached hydrogen (secondary N) is 2. The Kier molecular flexibility index (Phi) is 6.75. The maximum Gasteiger partial charge on any atom is 0.434 e. The predicted molar refractivity (Wildman–Crippen MR) is 177 cm³/mol. The van der Waals surface area contributed by atoms with E-state index >= 15 is 0 Å². The Balaban J connectivity index is 1.21. The van der Waals surface area contributed by atoms with Gasteiger partial charge in [0.1, 0.15) is 17.5 Å². The van der Waals surface area contributed by atoms with E-state index < -0.39 is 5.76 Å². The number of aromatic amines is 1. The van der Waals surface area contributed by atoms with Crippen molar-refractivity contribution in [2.45, 2.75) is 50.6 Å². The summed E-state index contributed by atoms with van der Waals surface area (Å²) >= 11 is 1.50. The number of benzene rings is 2. The lowest BCUT2D eigenvalue weighted by Gasteiger charge is -2.16. The zero-order chi connectivity index (χ0) is 32.5. The van der Waals surface area contributed by atoms with Crippen LogP contribution >= 0.6 is 11.3 Å². The Morgan fingerprint density at radius 1 is 0.979 bits per heavy atom. The number of hydrogen-bond donors (Lipinski definition) is 2. The summed E-state index contributed by atoms with van der Waals surface area (Å²) in [5.41, 5.74) is 5.99. The number of aromatic nitrogens is 4. The normalized spacial score (nSPS) is 18.0. The first-order valence-corrected chi connectivity index (χ1v) is 16.8. The van der Waals surface area contributed by atoms with Crippen molar-refractivity contribution >= 4 is 33.1 Å². The highest BCUT2D eigenvalue weighted by atomic mass is 32.1. The number of thiophene rings is 1. The predicted octanol–water partition coefficient (Wildman–Crippen LogP) is 7.16.